The molecular weight excluding hydrogens is 360 g/mol. The molecule has 0 saturated carbocycles. The fourth-order valence-electron chi connectivity index (χ4n) is 2.14. The number of amides is 1. The fraction of sp³-hybridized carbons (Fsp3) is 0.235. The Kier molecular flexibility index (Phi) is 6.39. The molecule has 0 fully saturated rings. The molecule has 1 amide bonds. The first-order valence-corrected chi connectivity index (χ1v) is 7.76. The van der Waals surface area contributed by atoms with Crippen LogP contribution < -0.4 is 10.6 Å². The number of halogens is 5. The van der Waals surface area contributed by atoms with E-state index in [1.165, 1.54) is 12.1 Å². The first kappa shape index (κ1) is 19.2. The summed E-state index contributed by atoms with van der Waals surface area (Å²) in [5, 5.41) is 5.02. The van der Waals surface area contributed by atoms with Crippen molar-refractivity contribution in [2.24, 2.45) is 0 Å². The molecule has 8 heteroatoms. The maximum absolute atomic E-state index is 13.4. The predicted octanol–water partition coefficient (Wildman–Crippen LogP) is 4.62. The van der Waals surface area contributed by atoms with Crippen LogP contribution in [0.25, 0.3) is 0 Å². The van der Waals surface area contributed by atoms with Crippen molar-refractivity contribution < 1.29 is 22.4 Å². The van der Waals surface area contributed by atoms with Gasteiger partial charge in [-0.15, -0.1) is 0 Å². The number of benzene rings is 2. The number of hydrogen-bond donors (Lipinski definition) is 2. The summed E-state index contributed by atoms with van der Waals surface area (Å²) >= 11 is 5.58. The Morgan fingerprint density at radius 1 is 1.12 bits per heavy atom. The van der Waals surface area contributed by atoms with Gasteiger partial charge in [0, 0.05) is 30.1 Å². The summed E-state index contributed by atoms with van der Waals surface area (Å²) in [5.74, 6) is -0.954. The molecule has 0 saturated heterocycles. The molecule has 0 aliphatic rings. The normalized spacial score (nSPS) is 11.4. The first-order valence-electron chi connectivity index (χ1n) is 7.38. The van der Waals surface area contributed by atoms with Gasteiger partial charge in [-0.1, -0.05) is 29.8 Å². The lowest BCUT2D eigenvalue weighted by Gasteiger charge is -2.14. The molecule has 134 valence electrons. The van der Waals surface area contributed by atoms with E-state index in [0.29, 0.717) is 5.56 Å². The van der Waals surface area contributed by atoms with Crippen molar-refractivity contribution in [2.75, 3.05) is 11.9 Å². The number of anilines is 1. The number of alkyl halides is 3. The Hall–Kier alpha value is -2.12. The van der Waals surface area contributed by atoms with Crippen molar-refractivity contribution in [3.8, 4) is 0 Å². The molecule has 0 aliphatic heterocycles. The van der Waals surface area contributed by atoms with Crippen molar-refractivity contribution >= 4 is 23.2 Å². The maximum Gasteiger partial charge on any atom is 0.418 e. The second-order valence-electron chi connectivity index (χ2n) is 5.25. The van der Waals surface area contributed by atoms with Gasteiger partial charge in [-0.25, -0.2) is 4.39 Å². The largest absolute Gasteiger partial charge is 0.418 e. The zero-order chi connectivity index (χ0) is 18.4. The van der Waals surface area contributed by atoms with E-state index in [0.717, 1.165) is 12.1 Å². The topological polar surface area (TPSA) is 41.1 Å². The third-order valence-corrected chi connectivity index (χ3v) is 3.60. The van der Waals surface area contributed by atoms with Gasteiger partial charge in [0.15, 0.2) is 0 Å². The molecule has 0 radical (unpaired) electrons. The summed E-state index contributed by atoms with van der Waals surface area (Å²) in [5.41, 5.74) is -0.913. The molecule has 2 rings (SSSR count). The van der Waals surface area contributed by atoms with E-state index in [-0.39, 0.29) is 36.0 Å². The van der Waals surface area contributed by atoms with Crippen molar-refractivity contribution in [1.29, 1.82) is 0 Å². The smallest absolute Gasteiger partial charge is 0.325 e. The summed E-state index contributed by atoms with van der Waals surface area (Å²) in [6, 6.07) is 9.31. The van der Waals surface area contributed by atoms with Gasteiger partial charge in [0.1, 0.15) is 5.82 Å². The first-order chi connectivity index (χ1) is 11.8. The molecule has 3 nitrogen and oxygen atoms in total. The highest BCUT2D eigenvalue weighted by molar-refractivity contribution is 6.30. The highest BCUT2D eigenvalue weighted by Gasteiger charge is 2.34. The molecule has 0 spiro atoms. The molecule has 0 aliphatic carbocycles. The van der Waals surface area contributed by atoms with Gasteiger partial charge in [-0.05, 0) is 24.3 Å². The zero-order valence-corrected chi connectivity index (χ0v) is 13.7. The summed E-state index contributed by atoms with van der Waals surface area (Å²) in [7, 11) is 0. The fourth-order valence-corrected chi connectivity index (χ4v) is 2.31. The quantitative estimate of drug-likeness (QED) is 0.572. The van der Waals surface area contributed by atoms with Gasteiger partial charge in [-0.2, -0.15) is 13.2 Å². The maximum atomic E-state index is 13.4. The minimum atomic E-state index is -4.63. The molecular formula is C17H15ClF4N2O. The number of carbonyl (C=O) groups excluding carboxylic acids is 1. The number of carbonyl (C=O) groups is 1. The molecule has 0 aromatic heterocycles. The van der Waals surface area contributed by atoms with Crippen molar-refractivity contribution in [1.82, 2.24) is 5.32 Å². The van der Waals surface area contributed by atoms with Crippen LogP contribution in [0.4, 0.5) is 23.2 Å². The van der Waals surface area contributed by atoms with E-state index in [1.54, 1.807) is 18.2 Å². The van der Waals surface area contributed by atoms with Crippen LogP contribution in [0.3, 0.4) is 0 Å². The minimum Gasteiger partial charge on any atom is -0.325 e. The van der Waals surface area contributed by atoms with Crippen LogP contribution >= 0.6 is 11.6 Å². The van der Waals surface area contributed by atoms with Crippen molar-refractivity contribution in [3.63, 3.8) is 0 Å². The van der Waals surface area contributed by atoms with Gasteiger partial charge in [-0.3, -0.25) is 4.79 Å². The monoisotopic (exact) mass is 374 g/mol. The Bertz CT molecular complexity index is 750. The van der Waals surface area contributed by atoms with E-state index in [9.17, 15) is 22.4 Å². The van der Waals surface area contributed by atoms with E-state index in [2.05, 4.69) is 10.6 Å². The van der Waals surface area contributed by atoms with Crippen LogP contribution in [-0.2, 0) is 17.5 Å². The molecule has 0 unspecified atom stereocenters. The highest BCUT2D eigenvalue weighted by atomic mass is 35.5. The van der Waals surface area contributed by atoms with Crippen LogP contribution in [-0.4, -0.2) is 12.5 Å². The molecule has 2 aromatic rings. The van der Waals surface area contributed by atoms with Crippen LogP contribution in [0.5, 0.6) is 0 Å². The molecule has 0 atom stereocenters. The summed E-state index contributed by atoms with van der Waals surface area (Å²) < 4.78 is 52.3. The van der Waals surface area contributed by atoms with Crippen molar-refractivity contribution in [2.45, 2.75) is 19.1 Å². The average molecular weight is 375 g/mol. The molecule has 2 aromatic carbocycles. The van der Waals surface area contributed by atoms with Crippen LogP contribution in [0, 0.1) is 5.82 Å². The predicted molar refractivity (Wildman–Crippen MR) is 87.8 cm³/mol. The van der Waals surface area contributed by atoms with Crippen LogP contribution in [0.1, 0.15) is 17.5 Å². The highest BCUT2D eigenvalue weighted by Crippen LogP contribution is 2.36. The Morgan fingerprint density at radius 3 is 2.52 bits per heavy atom. The summed E-state index contributed by atoms with van der Waals surface area (Å²) in [6.45, 7) is 0.407. The van der Waals surface area contributed by atoms with Gasteiger partial charge >= 0.3 is 6.18 Å². The lowest BCUT2D eigenvalue weighted by molar-refractivity contribution is -0.137. The Labute approximate surface area is 147 Å². The second-order valence-corrected chi connectivity index (χ2v) is 5.69. The molecule has 0 heterocycles. The van der Waals surface area contributed by atoms with E-state index in [1.807, 2.05) is 0 Å². The lowest BCUT2D eigenvalue weighted by Crippen LogP contribution is -2.23. The third-order valence-electron chi connectivity index (χ3n) is 3.36. The molecule has 25 heavy (non-hydrogen) atoms. The number of hydrogen-bond acceptors (Lipinski definition) is 2. The molecule has 2 N–H and O–H groups in total. The Morgan fingerprint density at radius 2 is 1.84 bits per heavy atom. The average Bonchev–Trinajstić information content (AvgIpc) is 2.54. The zero-order valence-electron chi connectivity index (χ0n) is 13.0. The Balaban J connectivity index is 1.88. The number of nitrogens with one attached hydrogen (secondary N) is 2. The van der Waals surface area contributed by atoms with Crippen LogP contribution in [0.2, 0.25) is 5.02 Å². The van der Waals surface area contributed by atoms with Gasteiger partial charge in [0.05, 0.1) is 11.3 Å². The summed E-state index contributed by atoms with van der Waals surface area (Å²) in [4.78, 5) is 11.8. The van der Waals surface area contributed by atoms with E-state index in [4.69, 9.17) is 11.6 Å². The second kappa shape index (κ2) is 8.31. The van der Waals surface area contributed by atoms with Gasteiger partial charge < -0.3 is 10.6 Å². The van der Waals surface area contributed by atoms with E-state index >= 15 is 0 Å². The van der Waals surface area contributed by atoms with E-state index < -0.39 is 17.6 Å². The minimum absolute atomic E-state index is 0.0611. The van der Waals surface area contributed by atoms with Crippen LogP contribution in [0.15, 0.2) is 42.5 Å². The lowest BCUT2D eigenvalue weighted by atomic mass is 10.1. The summed E-state index contributed by atoms with van der Waals surface area (Å²) in [6.07, 6.45) is -4.69. The number of rotatable bonds is 6. The SMILES string of the molecule is O=C(CCNCc1ccccc1F)Nc1ccc(Cl)cc1C(F)(F)F. The standard InChI is InChI=1S/C17H15ClF4N2O/c18-12-5-6-15(13(9-12)17(20,21)22)24-16(25)7-8-23-10-11-3-1-2-4-14(11)19/h1-6,9,23H,7-8,10H2,(H,24,25). The molecule has 0 bridgehead atoms. The third kappa shape index (κ3) is 5.72. The van der Waals surface area contributed by atoms with Gasteiger partial charge in [0.25, 0.3) is 0 Å². The van der Waals surface area contributed by atoms with Gasteiger partial charge in [0.2, 0.25) is 5.91 Å². The van der Waals surface area contributed by atoms with Crippen molar-refractivity contribution in [3.05, 3.63) is 64.4 Å².